The second-order valence-corrected chi connectivity index (χ2v) is 3.41. The van der Waals surface area contributed by atoms with Crippen LogP contribution in [-0.4, -0.2) is 44.1 Å². The topological polar surface area (TPSA) is 19.4 Å². The highest BCUT2D eigenvalue weighted by Crippen LogP contribution is 2.05. The van der Waals surface area contributed by atoms with E-state index in [0.717, 1.165) is 18.9 Å². The third-order valence-corrected chi connectivity index (χ3v) is 1.92. The van der Waals surface area contributed by atoms with Gasteiger partial charge in [-0.05, 0) is 26.2 Å². The molecule has 3 heteroatoms. The highest BCUT2D eigenvalue weighted by Gasteiger charge is 2.00. The van der Waals surface area contributed by atoms with E-state index >= 15 is 0 Å². The van der Waals surface area contributed by atoms with E-state index in [2.05, 4.69) is 35.9 Å². The first-order chi connectivity index (χ1) is 6.20. The number of aromatic nitrogens is 1. The number of hydrogen-bond acceptors (Lipinski definition) is 3. The van der Waals surface area contributed by atoms with Crippen molar-refractivity contribution in [2.45, 2.75) is 0 Å². The Morgan fingerprint density at radius 2 is 1.92 bits per heavy atom. The summed E-state index contributed by atoms with van der Waals surface area (Å²) in [6.07, 6.45) is 1.82. The highest BCUT2D eigenvalue weighted by molar-refractivity contribution is 5.36. The summed E-state index contributed by atoms with van der Waals surface area (Å²) >= 11 is 0. The zero-order valence-electron chi connectivity index (χ0n) is 8.57. The fourth-order valence-electron chi connectivity index (χ4n) is 1.04. The van der Waals surface area contributed by atoms with Gasteiger partial charge in [0, 0.05) is 26.3 Å². The Kier molecular flexibility index (Phi) is 3.71. The predicted octanol–water partition coefficient (Wildman–Crippen LogP) is 1.08. The molecule has 0 spiro atoms. The van der Waals surface area contributed by atoms with Gasteiger partial charge in [0.2, 0.25) is 0 Å². The third kappa shape index (κ3) is 3.42. The minimum absolute atomic E-state index is 1.00. The van der Waals surface area contributed by atoms with E-state index in [-0.39, 0.29) is 0 Å². The number of rotatable bonds is 4. The smallest absolute Gasteiger partial charge is 0.128 e. The summed E-state index contributed by atoms with van der Waals surface area (Å²) in [5.74, 6) is 1.03. The van der Waals surface area contributed by atoms with E-state index in [1.165, 1.54) is 0 Å². The summed E-state index contributed by atoms with van der Waals surface area (Å²) < 4.78 is 0. The fourth-order valence-corrected chi connectivity index (χ4v) is 1.04. The zero-order chi connectivity index (χ0) is 9.68. The van der Waals surface area contributed by atoms with Gasteiger partial charge in [-0.1, -0.05) is 6.07 Å². The molecule has 0 saturated heterocycles. The van der Waals surface area contributed by atoms with Gasteiger partial charge in [-0.25, -0.2) is 4.98 Å². The van der Waals surface area contributed by atoms with Crippen molar-refractivity contribution < 1.29 is 0 Å². The molecule has 0 fully saturated rings. The normalized spacial score (nSPS) is 10.5. The van der Waals surface area contributed by atoms with Crippen LogP contribution in [0.2, 0.25) is 0 Å². The Morgan fingerprint density at radius 3 is 2.46 bits per heavy atom. The summed E-state index contributed by atoms with van der Waals surface area (Å²) in [5, 5.41) is 0. The Bertz CT molecular complexity index is 233. The molecule has 0 amide bonds. The maximum Gasteiger partial charge on any atom is 0.128 e. The first-order valence-corrected chi connectivity index (χ1v) is 4.47. The second-order valence-electron chi connectivity index (χ2n) is 3.41. The van der Waals surface area contributed by atoms with Gasteiger partial charge in [0.25, 0.3) is 0 Å². The van der Waals surface area contributed by atoms with Crippen LogP contribution in [0.15, 0.2) is 24.4 Å². The Hall–Kier alpha value is -1.09. The van der Waals surface area contributed by atoms with E-state index in [1.54, 1.807) is 0 Å². The highest BCUT2D eigenvalue weighted by atomic mass is 15.2. The van der Waals surface area contributed by atoms with Crippen molar-refractivity contribution in [1.82, 2.24) is 9.88 Å². The first kappa shape index (κ1) is 9.99. The number of likely N-dealkylation sites (N-methyl/N-ethyl adjacent to an activating group) is 2. The summed E-state index contributed by atoms with van der Waals surface area (Å²) in [6, 6.07) is 5.97. The van der Waals surface area contributed by atoms with Crippen LogP contribution in [-0.2, 0) is 0 Å². The standard InChI is InChI=1S/C10H17N3/c1-12(2)8-9-13(3)10-6-4-5-7-11-10/h4-7H,8-9H2,1-3H3. The molecule has 72 valence electrons. The molecule has 1 aromatic rings. The monoisotopic (exact) mass is 179 g/mol. The van der Waals surface area contributed by atoms with Gasteiger partial charge in [0.1, 0.15) is 5.82 Å². The van der Waals surface area contributed by atoms with Crippen molar-refractivity contribution in [3.05, 3.63) is 24.4 Å². The van der Waals surface area contributed by atoms with Crippen LogP contribution in [0.1, 0.15) is 0 Å². The molecule has 0 radical (unpaired) electrons. The Balaban J connectivity index is 2.44. The van der Waals surface area contributed by atoms with Gasteiger partial charge in [0.15, 0.2) is 0 Å². The number of pyridine rings is 1. The molecule has 0 aliphatic carbocycles. The van der Waals surface area contributed by atoms with Gasteiger partial charge >= 0.3 is 0 Å². The molecule has 1 aromatic heterocycles. The minimum atomic E-state index is 1.00. The Morgan fingerprint density at radius 1 is 1.15 bits per heavy atom. The lowest BCUT2D eigenvalue weighted by molar-refractivity contribution is 0.416. The number of anilines is 1. The van der Waals surface area contributed by atoms with Crippen molar-refractivity contribution in [3.8, 4) is 0 Å². The molecule has 0 bridgehead atoms. The van der Waals surface area contributed by atoms with Crippen LogP contribution in [0, 0.1) is 0 Å². The summed E-state index contributed by atoms with van der Waals surface area (Å²) in [5.41, 5.74) is 0. The van der Waals surface area contributed by atoms with Crippen LogP contribution < -0.4 is 4.90 Å². The van der Waals surface area contributed by atoms with Crippen LogP contribution >= 0.6 is 0 Å². The minimum Gasteiger partial charge on any atom is -0.358 e. The maximum absolute atomic E-state index is 4.26. The van der Waals surface area contributed by atoms with Crippen molar-refractivity contribution in [3.63, 3.8) is 0 Å². The molecule has 13 heavy (non-hydrogen) atoms. The first-order valence-electron chi connectivity index (χ1n) is 4.47. The van der Waals surface area contributed by atoms with Crippen LogP contribution in [0.5, 0.6) is 0 Å². The molecular weight excluding hydrogens is 162 g/mol. The third-order valence-electron chi connectivity index (χ3n) is 1.92. The molecule has 0 unspecified atom stereocenters. The van der Waals surface area contributed by atoms with Gasteiger partial charge in [-0.3, -0.25) is 0 Å². The number of nitrogens with zero attached hydrogens (tertiary/aromatic N) is 3. The quantitative estimate of drug-likeness (QED) is 0.689. The van der Waals surface area contributed by atoms with E-state index < -0.39 is 0 Å². The SMILES string of the molecule is CN(C)CCN(C)c1ccccn1. The average molecular weight is 179 g/mol. The molecule has 3 nitrogen and oxygen atoms in total. The molecule has 0 aliphatic rings. The van der Waals surface area contributed by atoms with Crippen molar-refractivity contribution in [2.24, 2.45) is 0 Å². The molecule has 1 rings (SSSR count). The average Bonchev–Trinajstić information content (AvgIpc) is 2.15. The number of hydrogen-bond donors (Lipinski definition) is 0. The molecule has 0 saturated carbocycles. The molecule has 0 aromatic carbocycles. The van der Waals surface area contributed by atoms with Crippen LogP contribution in [0.25, 0.3) is 0 Å². The molecular formula is C10H17N3. The molecule has 1 heterocycles. The maximum atomic E-state index is 4.26. The summed E-state index contributed by atoms with van der Waals surface area (Å²) in [7, 11) is 6.21. The van der Waals surface area contributed by atoms with E-state index in [9.17, 15) is 0 Å². The molecule has 0 N–H and O–H groups in total. The van der Waals surface area contributed by atoms with Gasteiger partial charge in [0.05, 0.1) is 0 Å². The van der Waals surface area contributed by atoms with Gasteiger partial charge < -0.3 is 9.80 Å². The van der Waals surface area contributed by atoms with Gasteiger partial charge in [-0.15, -0.1) is 0 Å². The molecule has 0 aliphatic heterocycles. The van der Waals surface area contributed by atoms with E-state index in [4.69, 9.17) is 0 Å². The Labute approximate surface area is 80.0 Å². The van der Waals surface area contributed by atoms with Crippen molar-refractivity contribution in [1.29, 1.82) is 0 Å². The van der Waals surface area contributed by atoms with Crippen molar-refractivity contribution in [2.75, 3.05) is 39.1 Å². The zero-order valence-corrected chi connectivity index (χ0v) is 8.57. The van der Waals surface area contributed by atoms with Gasteiger partial charge in [-0.2, -0.15) is 0 Å². The lowest BCUT2D eigenvalue weighted by atomic mass is 10.4. The van der Waals surface area contributed by atoms with Crippen LogP contribution in [0.3, 0.4) is 0 Å². The van der Waals surface area contributed by atoms with E-state index in [1.807, 2.05) is 24.4 Å². The predicted molar refractivity (Wildman–Crippen MR) is 56.1 cm³/mol. The van der Waals surface area contributed by atoms with Crippen molar-refractivity contribution >= 4 is 5.82 Å². The lowest BCUT2D eigenvalue weighted by Crippen LogP contribution is -2.28. The summed E-state index contributed by atoms with van der Waals surface area (Å²) in [4.78, 5) is 8.58. The van der Waals surface area contributed by atoms with E-state index in [0.29, 0.717) is 0 Å². The molecule has 0 atom stereocenters. The largest absolute Gasteiger partial charge is 0.358 e. The fraction of sp³-hybridized carbons (Fsp3) is 0.500. The summed E-state index contributed by atoms with van der Waals surface area (Å²) in [6.45, 7) is 2.05. The lowest BCUT2D eigenvalue weighted by Gasteiger charge is -2.20. The second kappa shape index (κ2) is 4.82. The van der Waals surface area contributed by atoms with Crippen LogP contribution in [0.4, 0.5) is 5.82 Å².